The topological polar surface area (TPSA) is 70.6 Å². The minimum absolute atomic E-state index is 0.000950. The van der Waals surface area contributed by atoms with Crippen molar-refractivity contribution in [2.24, 2.45) is 0 Å². The highest BCUT2D eigenvalue weighted by atomic mass is 35.5. The number of benzene rings is 2. The molecule has 0 saturated carbocycles. The lowest BCUT2D eigenvalue weighted by atomic mass is 9.98. The van der Waals surface area contributed by atoms with Crippen molar-refractivity contribution in [3.63, 3.8) is 0 Å². The molecule has 2 aromatic carbocycles. The molecule has 36 heavy (non-hydrogen) atoms. The standard InChI is InChI=1S/C24H20Cl2F3N3O3S/c1-36(34,35)16-6-7-17(18-4-2-3-5-20(18)25)19(13-16)23(33)32-10-8-31(9-11-32)22-21(26)12-15(14-30-22)24(27,28)29/h2-7,12-14H,8-11H2,1H3. The van der Waals surface area contributed by atoms with Crippen molar-refractivity contribution < 1.29 is 26.4 Å². The van der Waals surface area contributed by atoms with E-state index in [1.807, 2.05) is 0 Å². The SMILES string of the molecule is CS(=O)(=O)c1ccc(-c2ccccc2Cl)c(C(=O)N2CCN(c3ncc(C(F)(F)F)cc3Cl)CC2)c1. The number of amides is 1. The van der Waals surface area contributed by atoms with Crippen molar-refractivity contribution in [1.82, 2.24) is 9.88 Å². The van der Waals surface area contributed by atoms with Gasteiger partial charge in [-0.15, -0.1) is 0 Å². The molecule has 0 radical (unpaired) electrons. The molecule has 190 valence electrons. The molecule has 1 aromatic heterocycles. The Morgan fingerprint density at radius 1 is 0.944 bits per heavy atom. The molecule has 1 saturated heterocycles. The number of nitrogens with zero attached hydrogens (tertiary/aromatic N) is 3. The Morgan fingerprint density at radius 3 is 2.19 bits per heavy atom. The maximum absolute atomic E-state index is 13.6. The molecule has 1 amide bonds. The molecular weight excluding hydrogens is 538 g/mol. The van der Waals surface area contributed by atoms with Gasteiger partial charge in [-0.3, -0.25) is 4.79 Å². The van der Waals surface area contributed by atoms with Crippen molar-refractivity contribution in [1.29, 1.82) is 0 Å². The van der Waals surface area contributed by atoms with Crippen LogP contribution in [0.5, 0.6) is 0 Å². The third-order valence-electron chi connectivity index (χ3n) is 5.83. The smallest absolute Gasteiger partial charge is 0.352 e. The molecule has 3 aromatic rings. The van der Waals surface area contributed by atoms with E-state index in [0.717, 1.165) is 18.5 Å². The predicted octanol–water partition coefficient (Wildman–Crippen LogP) is 5.44. The lowest BCUT2D eigenvalue weighted by Gasteiger charge is -2.36. The second kappa shape index (κ2) is 9.91. The molecule has 0 unspecified atom stereocenters. The largest absolute Gasteiger partial charge is 0.417 e. The summed E-state index contributed by atoms with van der Waals surface area (Å²) in [5.41, 5.74) is 0.322. The lowest BCUT2D eigenvalue weighted by Crippen LogP contribution is -2.49. The van der Waals surface area contributed by atoms with Crippen LogP contribution in [0.2, 0.25) is 10.0 Å². The summed E-state index contributed by atoms with van der Waals surface area (Å²) < 4.78 is 63.1. The molecule has 0 atom stereocenters. The van der Waals surface area contributed by atoms with Crippen molar-refractivity contribution in [2.45, 2.75) is 11.1 Å². The van der Waals surface area contributed by atoms with Gasteiger partial charge in [-0.05, 0) is 29.8 Å². The Kier molecular flexibility index (Phi) is 7.23. The zero-order chi connectivity index (χ0) is 26.3. The number of sulfone groups is 1. The van der Waals surface area contributed by atoms with E-state index in [9.17, 15) is 26.4 Å². The summed E-state index contributed by atoms with van der Waals surface area (Å²) in [6, 6.07) is 12.1. The van der Waals surface area contributed by atoms with E-state index in [4.69, 9.17) is 23.2 Å². The first-order chi connectivity index (χ1) is 16.9. The Bertz CT molecular complexity index is 1420. The van der Waals surface area contributed by atoms with Gasteiger partial charge in [-0.25, -0.2) is 13.4 Å². The molecule has 0 bridgehead atoms. The van der Waals surface area contributed by atoms with Gasteiger partial charge in [-0.2, -0.15) is 13.2 Å². The Morgan fingerprint density at radius 2 is 1.61 bits per heavy atom. The fourth-order valence-electron chi connectivity index (χ4n) is 3.96. The second-order valence-corrected chi connectivity index (χ2v) is 11.1. The highest BCUT2D eigenvalue weighted by Crippen LogP contribution is 2.35. The van der Waals surface area contributed by atoms with Gasteiger partial charge in [0.05, 0.1) is 15.5 Å². The van der Waals surface area contributed by atoms with Crippen molar-refractivity contribution in [2.75, 3.05) is 37.3 Å². The first-order valence-electron chi connectivity index (χ1n) is 10.7. The molecule has 1 aliphatic heterocycles. The van der Waals surface area contributed by atoms with E-state index in [-0.39, 0.29) is 53.4 Å². The second-order valence-electron chi connectivity index (χ2n) is 8.27. The van der Waals surface area contributed by atoms with Gasteiger partial charge >= 0.3 is 6.18 Å². The summed E-state index contributed by atoms with van der Waals surface area (Å²) in [6.07, 6.45) is -2.77. The predicted molar refractivity (Wildman–Crippen MR) is 132 cm³/mol. The summed E-state index contributed by atoms with van der Waals surface area (Å²) in [5.74, 6) is -0.186. The van der Waals surface area contributed by atoms with Crippen LogP contribution in [-0.4, -0.2) is 56.6 Å². The number of alkyl halides is 3. The van der Waals surface area contributed by atoms with Gasteiger partial charge in [0.25, 0.3) is 5.91 Å². The molecule has 1 fully saturated rings. The Balaban J connectivity index is 1.60. The van der Waals surface area contributed by atoms with Crippen LogP contribution < -0.4 is 4.90 Å². The summed E-state index contributed by atoms with van der Waals surface area (Å²) in [7, 11) is -3.58. The van der Waals surface area contributed by atoms with Crippen molar-refractivity contribution in [3.05, 3.63) is 75.9 Å². The maximum Gasteiger partial charge on any atom is 0.417 e. The third-order valence-corrected chi connectivity index (χ3v) is 7.55. The van der Waals surface area contributed by atoms with Crippen LogP contribution in [0, 0.1) is 0 Å². The first-order valence-corrected chi connectivity index (χ1v) is 13.4. The molecular formula is C24H20Cl2F3N3O3S. The molecule has 4 rings (SSSR count). The van der Waals surface area contributed by atoms with E-state index in [1.165, 1.54) is 12.1 Å². The van der Waals surface area contributed by atoms with Crippen LogP contribution in [0.4, 0.5) is 19.0 Å². The number of rotatable bonds is 4. The number of piperazine rings is 1. The van der Waals surface area contributed by atoms with Crippen LogP contribution >= 0.6 is 23.2 Å². The number of halogens is 5. The fraction of sp³-hybridized carbons (Fsp3) is 0.250. The van der Waals surface area contributed by atoms with Crippen LogP contribution in [0.1, 0.15) is 15.9 Å². The lowest BCUT2D eigenvalue weighted by molar-refractivity contribution is -0.137. The fourth-order valence-corrected chi connectivity index (χ4v) is 5.13. The number of pyridine rings is 1. The Labute approximate surface area is 216 Å². The molecule has 0 N–H and O–H groups in total. The van der Waals surface area contributed by atoms with E-state index in [1.54, 1.807) is 40.1 Å². The van der Waals surface area contributed by atoms with Crippen LogP contribution in [0.15, 0.2) is 59.6 Å². The van der Waals surface area contributed by atoms with E-state index in [0.29, 0.717) is 16.1 Å². The van der Waals surface area contributed by atoms with Gasteiger partial charge in [0.2, 0.25) is 0 Å². The quantitative estimate of drug-likeness (QED) is 0.427. The van der Waals surface area contributed by atoms with Crippen LogP contribution in [-0.2, 0) is 16.0 Å². The summed E-state index contributed by atoms with van der Waals surface area (Å²) in [4.78, 5) is 20.7. The van der Waals surface area contributed by atoms with Gasteiger partial charge < -0.3 is 9.80 Å². The zero-order valence-corrected chi connectivity index (χ0v) is 21.2. The number of hydrogen-bond donors (Lipinski definition) is 0. The molecule has 12 heteroatoms. The maximum atomic E-state index is 13.6. The Hall–Kier alpha value is -2.82. The normalized spacial score (nSPS) is 14.7. The van der Waals surface area contributed by atoms with E-state index >= 15 is 0 Å². The summed E-state index contributed by atoms with van der Waals surface area (Å²) in [5, 5.41) is 0.276. The van der Waals surface area contributed by atoms with Crippen LogP contribution in [0.25, 0.3) is 11.1 Å². The number of anilines is 1. The van der Waals surface area contributed by atoms with Gasteiger partial charge in [0, 0.05) is 54.8 Å². The molecule has 0 spiro atoms. The van der Waals surface area contributed by atoms with Crippen LogP contribution in [0.3, 0.4) is 0 Å². The number of aromatic nitrogens is 1. The van der Waals surface area contributed by atoms with Gasteiger partial charge in [0.1, 0.15) is 5.82 Å². The first kappa shape index (κ1) is 26.2. The number of hydrogen-bond acceptors (Lipinski definition) is 5. The molecule has 1 aliphatic rings. The molecule has 6 nitrogen and oxygen atoms in total. The van der Waals surface area contributed by atoms with Crippen molar-refractivity contribution in [3.8, 4) is 11.1 Å². The van der Waals surface area contributed by atoms with E-state index < -0.39 is 21.6 Å². The highest BCUT2D eigenvalue weighted by Gasteiger charge is 2.33. The van der Waals surface area contributed by atoms with Crippen molar-refractivity contribution >= 4 is 44.8 Å². The van der Waals surface area contributed by atoms with Gasteiger partial charge in [0.15, 0.2) is 9.84 Å². The summed E-state index contributed by atoms with van der Waals surface area (Å²) >= 11 is 12.4. The minimum Gasteiger partial charge on any atom is -0.352 e. The van der Waals surface area contributed by atoms with E-state index in [2.05, 4.69) is 4.98 Å². The zero-order valence-electron chi connectivity index (χ0n) is 18.9. The average Bonchev–Trinajstić information content (AvgIpc) is 2.82. The van der Waals surface area contributed by atoms with Gasteiger partial charge in [-0.1, -0.05) is 47.5 Å². The third kappa shape index (κ3) is 5.45. The monoisotopic (exact) mass is 557 g/mol. The highest BCUT2D eigenvalue weighted by molar-refractivity contribution is 7.90. The average molecular weight is 558 g/mol. The summed E-state index contributed by atoms with van der Waals surface area (Å²) in [6.45, 7) is 1.000. The molecule has 2 heterocycles. The molecule has 0 aliphatic carbocycles. The number of carbonyl (C=O) groups is 1. The minimum atomic E-state index is -4.56. The number of carbonyl (C=O) groups excluding carboxylic acids is 1.